The van der Waals surface area contributed by atoms with Crippen LogP contribution in [0.2, 0.25) is 0 Å². The molecule has 0 fully saturated rings. The van der Waals surface area contributed by atoms with Crippen molar-refractivity contribution >= 4 is 11.9 Å². The first-order valence-electron chi connectivity index (χ1n) is 5.84. The molecule has 5 nitrogen and oxygen atoms in total. The third-order valence-corrected chi connectivity index (χ3v) is 2.49. The van der Waals surface area contributed by atoms with Crippen LogP contribution in [0.1, 0.15) is 34.1 Å². The lowest BCUT2D eigenvalue weighted by Gasteiger charge is -2.26. The van der Waals surface area contributed by atoms with Crippen LogP contribution in [-0.4, -0.2) is 49.2 Å². The highest BCUT2D eigenvalue weighted by Crippen LogP contribution is 2.14. The van der Waals surface area contributed by atoms with Crippen LogP contribution in [0, 0.1) is 0 Å². The molecule has 0 saturated heterocycles. The zero-order valence-corrected chi connectivity index (χ0v) is 11.4. The molecule has 5 heteroatoms. The van der Waals surface area contributed by atoms with Crippen LogP contribution >= 0.6 is 0 Å². The summed E-state index contributed by atoms with van der Waals surface area (Å²) in [5.74, 6) is -0.481. The van der Waals surface area contributed by atoms with Gasteiger partial charge in [-0.05, 0) is 27.7 Å². The first-order valence-corrected chi connectivity index (χ1v) is 5.84. The van der Waals surface area contributed by atoms with Gasteiger partial charge in [-0.25, -0.2) is 0 Å². The first kappa shape index (κ1) is 15.9. The van der Waals surface area contributed by atoms with Crippen molar-refractivity contribution in [3.63, 3.8) is 0 Å². The van der Waals surface area contributed by atoms with Crippen LogP contribution in [0.5, 0.6) is 0 Å². The lowest BCUT2D eigenvalue weighted by atomic mass is 10.0. The van der Waals surface area contributed by atoms with E-state index in [0.717, 1.165) is 0 Å². The number of amides is 1. The Morgan fingerprint density at radius 2 is 1.82 bits per heavy atom. The SMILES string of the molecule is CCOC(=O)CN(CC)C(=O)CC(C)(C)OC. The Kier molecular flexibility index (Phi) is 6.80. The van der Waals surface area contributed by atoms with E-state index in [1.165, 1.54) is 4.90 Å². The number of hydrogen-bond donors (Lipinski definition) is 0. The van der Waals surface area contributed by atoms with Crippen LogP contribution in [0.15, 0.2) is 0 Å². The van der Waals surface area contributed by atoms with Gasteiger partial charge in [0.15, 0.2) is 0 Å². The predicted octanol–water partition coefficient (Wildman–Crippen LogP) is 1.21. The van der Waals surface area contributed by atoms with Crippen LogP contribution < -0.4 is 0 Å². The molecular weight excluding hydrogens is 222 g/mol. The average molecular weight is 245 g/mol. The van der Waals surface area contributed by atoms with E-state index in [9.17, 15) is 9.59 Å². The van der Waals surface area contributed by atoms with Crippen LogP contribution in [-0.2, 0) is 19.1 Å². The molecule has 0 radical (unpaired) electrons. The maximum atomic E-state index is 11.9. The molecule has 0 aromatic carbocycles. The van der Waals surface area contributed by atoms with Gasteiger partial charge in [0.05, 0.1) is 18.6 Å². The molecule has 0 aromatic heterocycles. The fraction of sp³-hybridized carbons (Fsp3) is 0.833. The van der Waals surface area contributed by atoms with E-state index in [4.69, 9.17) is 9.47 Å². The predicted molar refractivity (Wildman–Crippen MR) is 64.6 cm³/mol. The lowest BCUT2D eigenvalue weighted by molar-refractivity contribution is -0.150. The van der Waals surface area contributed by atoms with Gasteiger partial charge in [-0.2, -0.15) is 0 Å². The number of likely N-dealkylation sites (N-methyl/N-ethyl adjacent to an activating group) is 1. The molecule has 0 aliphatic heterocycles. The molecule has 0 aliphatic rings. The molecule has 0 bridgehead atoms. The van der Waals surface area contributed by atoms with Crippen molar-refractivity contribution in [3.05, 3.63) is 0 Å². The highest BCUT2D eigenvalue weighted by atomic mass is 16.5. The number of ether oxygens (including phenoxy) is 2. The van der Waals surface area contributed by atoms with Crippen molar-refractivity contribution < 1.29 is 19.1 Å². The van der Waals surface area contributed by atoms with Crippen molar-refractivity contribution in [1.82, 2.24) is 4.90 Å². The van der Waals surface area contributed by atoms with E-state index in [2.05, 4.69) is 0 Å². The van der Waals surface area contributed by atoms with Gasteiger partial charge < -0.3 is 14.4 Å². The Bertz CT molecular complexity index is 263. The zero-order chi connectivity index (χ0) is 13.5. The average Bonchev–Trinajstić information content (AvgIpc) is 2.25. The van der Waals surface area contributed by atoms with Gasteiger partial charge in [-0.15, -0.1) is 0 Å². The van der Waals surface area contributed by atoms with Gasteiger partial charge in [-0.1, -0.05) is 0 Å². The standard InChI is InChI=1S/C12H23NO4/c1-6-13(9-11(15)17-7-2)10(14)8-12(3,4)16-5/h6-9H2,1-5H3. The number of carbonyl (C=O) groups is 2. The smallest absolute Gasteiger partial charge is 0.325 e. The number of nitrogens with zero attached hydrogens (tertiary/aromatic N) is 1. The summed E-state index contributed by atoms with van der Waals surface area (Å²) in [5.41, 5.74) is -0.515. The summed E-state index contributed by atoms with van der Waals surface area (Å²) in [7, 11) is 1.56. The summed E-state index contributed by atoms with van der Waals surface area (Å²) < 4.78 is 10.0. The van der Waals surface area contributed by atoms with Gasteiger partial charge in [0, 0.05) is 13.7 Å². The zero-order valence-electron chi connectivity index (χ0n) is 11.4. The second-order valence-corrected chi connectivity index (χ2v) is 4.35. The molecule has 1 amide bonds. The highest BCUT2D eigenvalue weighted by Gasteiger charge is 2.25. The van der Waals surface area contributed by atoms with E-state index in [-0.39, 0.29) is 24.8 Å². The molecule has 0 heterocycles. The van der Waals surface area contributed by atoms with Gasteiger partial charge in [0.25, 0.3) is 0 Å². The molecular formula is C12H23NO4. The second kappa shape index (κ2) is 7.27. The summed E-state index contributed by atoms with van der Waals surface area (Å²) in [6.07, 6.45) is 0.247. The van der Waals surface area contributed by atoms with Crippen LogP contribution in [0.4, 0.5) is 0 Å². The summed E-state index contributed by atoms with van der Waals surface area (Å²) in [5, 5.41) is 0. The van der Waals surface area contributed by atoms with Crippen molar-refractivity contribution in [1.29, 1.82) is 0 Å². The Hall–Kier alpha value is -1.10. The van der Waals surface area contributed by atoms with Crippen LogP contribution in [0.25, 0.3) is 0 Å². The number of hydrogen-bond acceptors (Lipinski definition) is 4. The molecule has 0 aliphatic carbocycles. The van der Waals surface area contributed by atoms with Crippen molar-refractivity contribution in [3.8, 4) is 0 Å². The number of methoxy groups -OCH3 is 1. The third-order valence-electron chi connectivity index (χ3n) is 2.49. The molecule has 0 aromatic rings. The molecule has 0 saturated carbocycles. The second-order valence-electron chi connectivity index (χ2n) is 4.35. The minimum atomic E-state index is -0.515. The summed E-state index contributed by atoms with van der Waals surface area (Å²) in [6.45, 7) is 8.06. The first-order chi connectivity index (χ1) is 7.86. The molecule has 0 N–H and O–H groups in total. The highest BCUT2D eigenvalue weighted by molar-refractivity contribution is 5.82. The summed E-state index contributed by atoms with van der Waals surface area (Å²) >= 11 is 0. The molecule has 0 rings (SSSR count). The van der Waals surface area contributed by atoms with Crippen molar-refractivity contribution in [2.24, 2.45) is 0 Å². The normalized spacial score (nSPS) is 11.1. The third kappa shape index (κ3) is 6.26. The number of esters is 1. The largest absolute Gasteiger partial charge is 0.465 e. The Morgan fingerprint density at radius 1 is 1.24 bits per heavy atom. The van der Waals surface area contributed by atoms with Gasteiger partial charge in [0.2, 0.25) is 5.91 Å². The minimum Gasteiger partial charge on any atom is -0.465 e. The lowest BCUT2D eigenvalue weighted by Crippen LogP contribution is -2.40. The Morgan fingerprint density at radius 3 is 2.24 bits per heavy atom. The van der Waals surface area contributed by atoms with Gasteiger partial charge >= 0.3 is 5.97 Å². The van der Waals surface area contributed by atoms with Crippen molar-refractivity contribution in [2.75, 3.05) is 26.8 Å². The van der Waals surface area contributed by atoms with E-state index in [0.29, 0.717) is 13.2 Å². The Balaban J connectivity index is 4.36. The molecule has 0 spiro atoms. The van der Waals surface area contributed by atoms with Crippen molar-refractivity contribution in [2.45, 2.75) is 39.7 Å². The molecule has 0 atom stereocenters. The van der Waals surface area contributed by atoms with Crippen LogP contribution in [0.3, 0.4) is 0 Å². The van der Waals surface area contributed by atoms with Gasteiger partial charge in [-0.3, -0.25) is 9.59 Å². The monoisotopic (exact) mass is 245 g/mol. The summed E-state index contributed by atoms with van der Waals surface area (Å²) in [6, 6.07) is 0. The maximum absolute atomic E-state index is 11.9. The summed E-state index contributed by atoms with van der Waals surface area (Å²) in [4.78, 5) is 24.7. The van der Waals surface area contributed by atoms with Gasteiger partial charge in [0.1, 0.15) is 6.54 Å². The van der Waals surface area contributed by atoms with E-state index >= 15 is 0 Å². The molecule has 100 valence electrons. The number of carbonyl (C=O) groups excluding carboxylic acids is 2. The fourth-order valence-corrected chi connectivity index (χ4v) is 1.29. The van der Waals surface area contributed by atoms with E-state index in [1.54, 1.807) is 14.0 Å². The van der Waals surface area contributed by atoms with E-state index < -0.39 is 5.60 Å². The Labute approximate surface area is 103 Å². The number of rotatable bonds is 7. The maximum Gasteiger partial charge on any atom is 0.325 e. The fourth-order valence-electron chi connectivity index (χ4n) is 1.29. The topological polar surface area (TPSA) is 55.8 Å². The van der Waals surface area contributed by atoms with E-state index in [1.807, 2.05) is 20.8 Å². The molecule has 17 heavy (non-hydrogen) atoms. The molecule has 0 unspecified atom stereocenters. The minimum absolute atomic E-state index is 0.00294. The quantitative estimate of drug-likeness (QED) is 0.633.